The van der Waals surface area contributed by atoms with E-state index in [2.05, 4.69) is 22.3 Å². The molecule has 160 valence electrons. The topological polar surface area (TPSA) is 91.5 Å². The summed E-state index contributed by atoms with van der Waals surface area (Å²) in [7, 11) is 0. The van der Waals surface area contributed by atoms with Crippen molar-refractivity contribution in [3.8, 4) is 16.9 Å². The lowest BCUT2D eigenvalue weighted by Gasteiger charge is -2.19. The first kappa shape index (κ1) is 19.9. The van der Waals surface area contributed by atoms with Crippen LogP contribution < -0.4 is 16.0 Å². The highest BCUT2D eigenvalue weighted by atomic mass is 16.3. The Labute approximate surface area is 186 Å². The average Bonchev–Trinajstić information content (AvgIpc) is 3.18. The molecule has 4 aromatic rings. The molecule has 6 heteroatoms. The van der Waals surface area contributed by atoms with Gasteiger partial charge in [-0.1, -0.05) is 36.4 Å². The Kier molecular flexibility index (Phi) is 4.90. The van der Waals surface area contributed by atoms with Crippen molar-refractivity contribution in [2.24, 2.45) is 0 Å². The lowest BCUT2D eigenvalue weighted by Crippen LogP contribution is -2.20. The molecule has 2 heterocycles. The van der Waals surface area contributed by atoms with Gasteiger partial charge in [0.15, 0.2) is 0 Å². The van der Waals surface area contributed by atoms with E-state index in [0.29, 0.717) is 11.3 Å². The van der Waals surface area contributed by atoms with Gasteiger partial charge >= 0.3 is 0 Å². The number of benzene rings is 3. The van der Waals surface area contributed by atoms with E-state index in [0.717, 1.165) is 53.0 Å². The van der Waals surface area contributed by atoms with Gasteiger partial charge in [-0.05, 0) is 47.9 Å². The number of hydrogen-bond acceptors (Lipinski definition) is 5. The summed E-state index contributed by atoms with van der Waals surface area (Å²) in [5.74, 6) is 0.923. The standard InChI is InChI=1S/C26H24N4O2/c1-16(31)28-19-8-10-24(32)21(14-19)18-7-9-23-22(13-18)25(27)20-11-12-30(26(20)29-23)15-17-5-3-2-4-6-17/h2-10,13-14,32H,11-12,15H2,1H3,(H2,27,29)(H,28,31). The Morgan fingerprint density at radius 3 is 2.72 bits per heavy atom. The maximum atomic E-state index is 11.4. The molecule has 4 N–H and O–H groups in total. The average molecular weight is 425 g/mol. The fourth-order valence-electron chi connectivity index (χ4n) is 4.35. The Morgan fingerprint density at radius 1 is 1.12 bits per heavy atom. The molecule has 3 aromatic carbocycles. The Hall–Kier alpha value is -4.06. The SMILES string of the molecule is CC(=O)Nc1ccc(O)c(-c2ccc3nc4c(c(N)c3c2)CCN4Cc2ccccc2)c1. The van der Waals surface area contributed by atoms with Crippen LogP contribution in [0.5, 0.6) is 5.75 Å². The van der Waals surface area contributed by atoms with E-state index in [1.54, 1.807) is 18.2 Å². The second kappa shape index (κ2) is 7.89. The van der Waals surface area contributed by atoms with Crippen LogP contribution in [-0.4, -0.2) is 22.5 Å². The molecule has 1 amide bonds. The molecular weight excluding hydrogens is 400 g/mol. The van der Waals surface area contributed by atoms with E-state index >= 15 is 0 Å². The molecule has 1 aromatic heterocycles. The van der Waals surface area contributed by atoms with Crippen LogP contribution in [0.4, 0.5) is 17.2 Å². The summed E-state index contributed by atoms with van der Waals surface area (Å²) in [5.41, 5.74) is 12.6. The highest BCUT2D eigenvalue weighted by Crippen LogP contribution is 2.39. The molecule has 6 nitrogen and oxygen atoms in total. The van der Waals surface area contributed by atoms with E-state index in [9.17, 15) is 9.90 Å². The zero-order chi connectivity index (χ0) is 22.2. The smallest absolute Gasteiger partial charge is 0.221 e. The second-order valence-corrected chi connectivity index (χ2v) is 8.13. The van der Waals surface area contributed by atoms with Gasteiger partial charge in [0, 0.05) is 47.9 Å². The number of carbonyl (C=O) groups is 1. The summed E-state index contributed by atoms with van der Waals surface area (Å²) in [4.78, 5) is 18.6. The molecule has 0 atom stereocenters. The summed E-state index contributed by atoms with van der Waals surface area (Å²) in [6, 6.07) is 21.2. The fourth-order valence-corrected chi connectivity index (χ4v) is 4.35. The first-order valence-electron chi connectivity index (χ1n) is 10.6. The predicted octanol–water partition coefficient (Wildman–Crippen LogP) is 4.71. The number of aromatic hydroxyl groups is 1. The molecule has 0 fully saturated rings. The minimum absolute atomic E-state index is 0.139. The molecule has 5 rings (SSSR count). The van der Waals surface area contributed by atoms with Gasteiger partial charge in [-0.3, -0.25) is 4.79 Å². The number of carbonyl (C=O) groups excluding carboxylic acids is 1. The third-order valence-electron chi connectivity index (χ3n) is 5.88. The molecule has 0 unspecified atom stereocenters. The van der Waals surface area contributed by atoms with E-state index < -0.39 is 0 Å². The number of amides is 1. The van der Waals surface area contributed by atoms with Gasteiger partial charge in [0.25, 0.3) is 0 Å². The molecule has 1 aliphatic rings. The third-order valence-corrected chi connectivity index (χ3v) is 5.88. The van der Waals surface area contributed by atoms with Crippen LogP contribution in [0.1, 0.15) is 18.1 Å². The number of pyridine rings is 1. The Bertz CT molecular complexity index is 1330. The summed E-state index contributed by atoms with van der Waals surface area (Å²) < 4.78 is 0. The quantitative estimate of drug-likeness (QED) is 0.413. The molecule has 0 spiro atoms. The number of nitrogens with zero attached hydrogens (tertiary/aromatic N) is 2. The molecule has 0 radical (unpaired) electrons. The number of phenols is 1. The van der Waals surface area contributed by atoms with Crippen LogP contribution in [0.25, 0.3) is 22.0 Å². The Morgan fingerprint density at radius 2 is 1.94 bits per heavy atom. The number of anilines is 3. The number of rotatable bonds is 4. The molecule has 0 saturated heterocycles. The van der Waals surface area contributed by atoms with Crippen LogP contribution in [0.15, 0.2) is 66.7 Å². The lowest BCUT2D eigenvalue weighted by atomic mass is 9.99. The number of phenolic OH excluding ortho intramolecular Hbond substituents is 1. The third kappa shape index (κ3) is 3.60. The van der Waals surface area contributed by atoms with E-state index in [1.165, 1.54) is 12.5 Å². The summed E-state index contributed by atoms with van der Waals surface area (Å²) in [6.45, 7) is 3.13. The predicted molar refractivity (Wildman–Crippen MR) is 129 cm³/mol. The normalized spacial score (nSPS) is 12.7. The number of aromatic nitrogens is 1. The van der Waals surface area contributed by atoms with Crippen molar-refractivity contribution in [3.63, 3.8) is 0 Å². The molecular formula is C26H24N4O2. The van der Waals surface area contributed by atoms with Gasteiger partial charge in [0.2, 0.25) is 5.91 Å². The Balaban J connectivity index is 1.54. The maximum absolute atomic E-state index is 11.4. The van der Waals surface area contributed by atoms with E-state index in [-0.39, 0.29) is 11.7 Å². The van der Waals surface area contributed by atoms with Crippen molar-refractivity contribution in [1.82, 2.24) is 4.98 Å². The maximum Gasteiger partial charge on any atom is 0.221 e. The highest BCUT2D eigenvalue weighted by molar-refractivity contribution is 5.98. The van der Waals surface area contributed by atoms with Gasteiger partial charge in [-0.2, -0.15) is 0 Å². The molecule has 0 saturated carbocycles. The van der Waals surface area contributed by atoms with Gasteiger partial charge in [-0.15, -0.1) is 0 Å². The molecule has 0 aliphatic carbocycles. The minimum atomic E-state index is -0.163. The van der Waals surface area contributed by atoms with Crippen molar-refractivity contribution in [2.75, 3.05) is 22.5 Å². The van der Waals surface area contributed by atoms with E-state index in [4.69, 9.17) is 10.7 Å². The van der Waals surface area contributed by atoms with Crippen LogP contribution in [0.2, 0.25) is 0 Å². The summed E-state index contributed by atoms with van der Waals surface area (Å²) in [6.07, 6.45) is 0.852. The first-order valence-corrected chi connectivity index (χ1v) is 10.6. The molecule has 1 aliphatic heterocycles. The number of nitrogens with one attached hydrogen (secondary N) is 1. The van der Waals surface area contributed by atoms with Crippen molar-refractivity contribution < 1.29 is 9.90 Å². The van der Waals surface area contributed by atoms with Crippen LogP contribution in [0, 0.1) is 0 Å². The van der Waals surface area contributed by atoms with Crippen LogP contribution in [-0.2, 0) is 17.8 Å². The molecule has 0 bridgehead atoms. The number of hydrogen-bond donors (Lipinski definition) is 3. The zero-order valence-corrected chi connectivity index (χ0v) is 17.8. The van der Waals surface area contributed by atoms with Crippen molar-refractivity contribution in [2.45, 2.75) is 19.9 Å². The van der Waals surface area contributed by atoms with Gasteiger partial charge in [-0.25, -0.2) is 4.98 Å². The van der Waals surface area contributed by atoms with Crippen LogP contribution >= 0.6 is 0 Å². The number of nitrogen functional groups attached to an aromatic ring is 1. The van der Waals surface area contributed by atoms with Crippen LogP contribution in [0.3, 0.4) is 0 Å². The summed E-state index contributed by atoms with van der Waals surface area (Å²) >= 11 is 0. The number of fused-ring (bicyclic) bond motifs is 2. The van der Waals surface area contributed by atoms with Crippen molar-refractivity contribution in [1.29, 1.82) is 0 Å². The van der Waals surface area contributed by atoms with Gasteiger partial charge in [0.1, 0.15) is 11.6 Å². The van der Waals surface area contributed by atoms with Gasteiger partial charge < -0.3 is 21.1 Å². The summed E-state index contributed by atoms with van der Waals surface area (Å²) in [5, 5.41) is 14.1. The minimum Gasteiger partial charge on any atom is -0.507 e. The van der Waals surface area contributed by atoms with Crippen molar-refractivity contribution >= 4 is 34.0 Å². The first-order chi connectivity index (χ1) is 15.5. The zero-order valence-electron chi connectivity index (χ0n) is 17.8. The monoisotopic (exact) mass is 424 g/mol. The number of nitrogens with two attached hydrogens (primary N) is 1. The second-order valence-electron chi connectivity index (χ2n) is 8.13. The van der Waals surface area contributed by atoms with Gasteiger partial charge in [0.05, 0.1) is 5.52 Å². The van der Waals surface area contributed by atoms with E-state index in [1.807, 2.05) is 36.4 Å². The largest absolute Gasteiger partial charge is 0.507 e. The van der Waals surface area contributed by atoms with Crippen molar-refractivity contribution in [3.05, 3.63) is 77.9 Å². The highest BCUT2D eigenvalue weighted by Gasteiger charge is 2.25. The molecule has 32 heavy (non-hydrogen) atoms. The lowest BCUT2D eigenvalue weighted by molar-refractivity contribution is -0.114. The fraction of sp³-hybridized carbons (Fsp3) is 0.154.